The summed E-state index contributed by atoms with van der Waals surface area (Å²) in [5.74, 6) is 1.16. The van der Waals surface area contributed by atoms with E-state index in [1.54, 1.807) is 0 Å². The van der Waals surface area contributed by atoms with Crippen LogP contribution >= 0.6 is 58.3 Å². The molecule has 112 valence electrons. The number of halogens is 3. The Labute approximate surface area is 145 Å². The molecule has 0 spiro atoms. The van der Waals surface area contributed by atoms with Crippen molar-refractivity contribution < 1.29 is 0 Å². The van der Waals surface area contributed by atoms with Crippen LogP contribution in [0, 0.1) is 5.41 Å². The number of hydrogen-bond acceptors (Lipinski definition) is 2. The first kappa shape index (κ1) is 17.1. The van der Waals surface area contributed by atoms with Crippen LogP contribution in [0.2, 0.25) is 15.1 Å². The number of thioether (sulfide) groups is 2. The highest BCUT2D eigenvalue weighted by Crippen LogP contribution is 2.57. The maximum absolute atomic E-state index is 6.19. The molecule has 1 unspecified atom stereocenters. The fourth-order valence-corrected chi connectivity index (χ4v) is 6.33. The first-order chi connectivity index (χ1) is 9.13. The highest BCUT2D eigenvalue weighted by atomic mass is 35.5. The van der Waals surface area contributed by atoms with E-state index < -0.39 is 0 Å². The Balaban J connectivity index is 2.35. The Morgan fingerprint density at radius 2 is 1.70 bits per heavy atom. The molecule has 1 aromatic carbocycles. The third kappa shape index (κ3) is 3.57. The lowest BCUT2D eigenvalue weighted by Crippen LogP contribution is -2.32. The van der Waals surface area contributed by atoms with Crippen LogP contribution in [-0.2, 0) is 4.08 Å². The molecule has 1 aliphatic rings. The van der Waals surface area contributed by atoms with Crippen LogP contribution in [-0.4, -0.2) is 11.0 Å². The molecule has 0 aromatic heterocycles. The Hall–Kier alpha value is 0.790. The SMILES string of the molecule is CC(C)(C)C1CCS[C@](C)(c2cc(Cl)c(Cl)c(Cl)c2)S1. The van der Waals surface area contributed by atoms with Gasteiger partial charge in [-0.2, -0.15) is 0 Å². The summed E-state index contributed by atoms with van der Waals surface area (Å²) in [6.45, 7) is 9.19. The molecule has 1 heterocycles. The quantitative estimate of drug-likeness (QED) is 0.484. The number of benzene rings is 1. The monoisotopic (exact) mass is 368 g/mol. The van der Waals surface area contributed by atoms with E-state index in [1.807, 2.05) is 35.7 Å². The summed E-state index contributed by atoms with van der Waals surface area (Å²) in [6.07, 6.45) is 1.24. The largest absolute Gasteiger partial charge is 0.140 e. The molecule has 1 aromatic rings. The van der Waals surface area contributed by atoms with Gasteiger partial charge in [-0.05, 0) is 42.2 Å². The topological polar surface area (TPSA) is 0 Å². The zero-order valence-electron chi connectivity index (χ0n) is 12.1. The van der Waals surface area contributed by atoms with Gasteiger partial charge in [-0.1, -0.05) is 55.6 Å². The molecule has 2 atom stereocenters. The van der Waals surface area contributed by atoms with Gasteiger partial charge in [0.2, 0.25) is 0 Å². The molecule has 2 rings (SSSR count). The van der Waals surface area contributed by atoms with Gasteiger partial charge in [-0.3, -0.25) is 0 Å². The van der Waals surface area contributed by atoms with Gasteiger partial charge in [0, 0.05) is 5.25 Å². The molecule has 0 N–H and O–H groups in total. The summed E-state index contributed by atoms with van der Waals surface area (Å²) < 4.78 is -0.0198. The van der Waals surface area contributed by atoms with E-state index in [-0.39, 0.29) is 4.08 Å². The van der Waals surface area contributed by atoms with Crippen molar-refractivity contribution in [3.05, 3.63) is 32.8 Å². The molecule has 5 heteroatoms. The van der Waals surface area contributed by atoms with Crippen LogP contribution < -0.4 is 0 Å². The summed E-state index contributed by atoms with van der Waals surface area (Å²) in [4.78, 5) is 0. The molecule has 1 aliphatic heterocycles. The third-order valence-corrected chi connectivity index (χ3v) is 8.58. The second-order valence-electron chi connectivity index (χ2n) is 6.31. The number of rotatable bonds is 1. The minimum atomic E-state index is -0.0198. The van der Waals surface area contributed by atoms with E-state index in [0.717, 1.165) is 11.3 Å². The molecule has 0 saturated carbocycles. The molecule has 20 heavy (non-hydrogen) atoms. The molecule has 0 aliphatic carbocycles. The molecule has 0 amide bonds. The minimum absolute atomic E-state index is 0.0198. The van der Waals surface area contributed by atoms with Gasteiger partial charge in [-0.15, -0.1) is 23.5 Å². The van der Waals surface area contributed by atoms with Gasteiger partial charge in [0.25, 0.3) is 0 Å². The van der Waals surface area contributed by atoms with Gasteiger partial charge in [0.15, 0.2) is 0 Å². The molecule has 1 fully saturated rings. The Morgan fingerprint density at radius 3 is 2.20 bits per heavy atom. The summed E-state index contributed by atoms with van der Waals surface area (Å²) in [6, 6.07) is 3.92. The zero-order chi connectivity index (χ0) is 15.1. The average Bonchev–Trinajstić information content (AvgIpc) is 2.34. The lowest BCUT2D eigenvalue weighted by molar-refractivity contribution is 0.386. The van der Waals surface area contributed by atoms with Crippen molar-refractivity contribution >= 4 is 58.3 Å². The second-order valence-corrected chi connectivity index (χ2v) is 10.9. The maximum atomic E-state index is 6.19. The first-order valence-corrected chi connectivity index (χ1v) is 9.60. The Bertz CT molecular complexity index is 487. The van der Waals surface area contributed by atoms with Crippen molar-refractivity contribution in [2.45, 2.75) is 43.4 Å². The normalized spacial score (nSPS) is 27.6. The summed E-state index contributed by atoms with van der Waals surface area (Å²) in [5.41, 5.74) is 1.45. The average molecular weight is 370 g/mol. The first-order valence-electron chi connectivity index (χ1n) is 6.60. The molecule has 0 bridgehead atoms. The predicted octanol–water partition coefficient (Wildman–Crippen LogP) is 7.10. The van der Waals surface area contributed by atoms with Crippen LogP contribution in [0.1, 0.15) is 39.7 Å². The van der Waals surface area contributed by atoms with Gasteiger partial charge < -0.3 is 0 Å². The van der Waals surface area contributed by atoms with Crippen LogP contribution in [0.15, 0.2) is 12.1 Å². The van der Waals surface area contributed by atoms with Gasteiger partial charge in [0.1, 0.15) is 0 Å². The van der Waals surface area contributed by atoms with E-state index in [1.165, 1.54) is 6.42 Å². The lowest BCUT2D eigenvalue weighted by Gasteiger charge is -2.43. The highest BCUT2D eigenvalue weighted by molar-refractivity contribution is 8.18. The van der Waals surface area contributed by atoms with Gasteiger partial charge in [0.05, 0.1) is 19.1 Å². The van der Waals surface area contributed by atoms with E-state index in [0.29, 0.717) is 25.7 Å². The maximum Gasteiger partial charge on any atom is 0.0836 e. The van der Waals surface area contributed by atoms with E-state index >= 15 is 0 Å². The van der Waals surface area contributed by atoms with Gasteiger partial charge >= 0.3 is 0 Å². The third-order valence-electron chi connectivity index (χ3n) is 3.60. The van der Waals surface area contributed by atoms with E-state index in [9.17, 15) is 0 Å². The zero-order valence-corrected chi connectivity index (χ0v) is 16.0. The Kier molecular flexibility index (Phi) is 5.25. The van der Waals surface area contributed by atoms with E-state index in [4.69, 9.17) is 34.8 Å². The van der Waals surface area contributed by atoms with Crippen molar-refractivity contribution in [1.82, 2.24) is 0 Å². The molecular weight excluding hydrogens is 351 g/mol. The second kappa shape index (κ2) is 6.12. The van der Waals surface area contributed by atoms with Crippen LogP contribution in [0.5, 0.6) is 0 Å². The predicted molar refractivity (Wildman–Crippen MR) is 96.7 cm³/mol. The smallest absolute Gasteiger partial charge is 0.0836 e. The lowest BCUT2D eigenvalue weighted by atomic mass is 9.90. The van der Waals surface area contributed by atoms with Crippen molar-refractivity contribution in [3.63, 3.8) is 0 Å². The van der Waals surface area contributed by atoms with Crippen molar-refractivity contribution in [2.75, 3.05) is 5.75 Å². The molecular formula is C15H19Cl3S2. The fourth-order valence-electron chi connectivity index (χ4n) is 2.30. The van der Waals surface area contributed by atoms with Crippen molar-refractivity contribution in [1.29, 1.82) is 0 Å². The van der Waals surface area contributed by atoms with Crippen LogP contribution in [0.25, 0.3) is 0 Å². The number of hydrogen-bond donors (Lipinski definition) is 0. The highest BCUT2D eigenvalue weighted by Gasteiger charge is 2.40. The van der Waals surface area contributed by atoms with Crippen LogP contribution in [0.3, 0.4) is 0 Å². The minimum Gasteiger partial charge on any atom is -0.140 e. The Morgan fingerprint density at radius 1 is 1.15 bits per heavy atom. The van der Waals surface area contributed by atoms with Crippen molar-refractivity contribution in [2.24, 2.45) is 5.41 Å². The summed E-state index contributed by atoms with van der Waals surface area (Å²) in [5, 5.41) is 2.14. The van der Waals surface area contributed by atoms with Gasteiger partial charge in [-0.25, -0.2) is 0 Å². The molecule has 0 radical (unpaired) electrons. The van der Waals surface area contributed by atoms with Crippen LogP contribution in [0.4, 0.5) is 0 Å². The summed E-state index contributed by atoms with van der Waals surface area (Å²) in [7, 11) is 0. The molecule has 0 nitrogen and oxygen atoms in total. The van der Waals surface area contributed by atoms with E-state index in [2.05, 4.69) is 27.7 Å². The fraction of sp³-hybridized carbons (Fsp3) is 0.600. The van der Waals surface area contributed by atoms with Crippen molar-refractivity contribution in [3.8, 4) is 0 Å². The molecule has 1 saturated heterocycles. The summed E-state index contributed by atoms with van der Waals surface area (Å²) >= 11 is 22.4. The standard InChI is InChI=1S/C15H19Cl3S2/c1-14(2,3)12-5-6-19-15(4,20-12)9-7-10(16)13(18)11(17)8-9/h7-8,12H,5-6H2,1-4H3/t12?,15-/m0/s1.